The summed E-state index contributed by atoms with van der Waals surface area (Å²) in [5.74, 6) is 1.29. The number of anilines is 1. The van der Waals surface area contributed by atoms with Gasteiger partial charge in [0.1, 0.15) is 6.61 Å². The van der Waals surface area contributed by atoms with Crippen molar-refractivity contribution in [1.82, 2.24) is 15.3 Å². The van der Waals surface area contributed by atoms with Crippen LogP contribution in [0.5, 0.6) is 5.75 Å². The molecule has 136 valence electrons. The molecule has 0 bridgehead atoms. The molecule has 0 aliphatic carbocycles. The molecule has 2 aliphatic rings. The average Bonchev–Trinajstić information content (AvgIpc) is 2.66. The predicted octanol–water partition coefficient (Wildman–Crippen LogP) is 1.16. The lowest BCUT2D eigenvalue weighted by molar-refractivity contribution is -0.134. The van der Waals surface area contributed by atoms with Gasteiger partial charge in [0, 0.05) is 31.8 Å². The van der Waals surface area contributed by atoms with E-state index in [1.807, 2.05) is 0 Å². The van der Waals surface area contributed by atoms with Crippen molar-refractivity contribution in [2.24, 2.45) is 11.1 Å². The molecule has 0 radical (unpaired) electrons. The van der Waals surface area contributed by atoms with Gasteiger partial charge in [-0.1, -0.05) is 0 Å². The molecule has 8 heteroatoms. The van der Waals surface area contributed by atoms with E-state index in [-0.39, 0.29) is 24.5 Å². The van der Waals surface area contributed by atoms with Gasteiger partial charge in [-0.2, -0.15) is 0 Å². The molecule has 0 saturated carbocycles. The molecular weight excluding hydrogens is 325 g/mol. The number of piperidine rings is 2. The first-order valence-electron chi connectivity index (χ1n) is 8.63. The van der Waals surface area contributed by atoms with Crippen molar-refractivity contribution >= 4 is 11.9 Å². The molecule has 1 aromatic heterocycles. The first kappa shape index (κ1) is 17.6. The molecule has 1 spiro atoms. The maximum absolute atomic E-state index is 12.5. The topological polar surface area (TPSA) is 93.4 Å². The third-order valence-corrected chi connectivity index (χ3v) is 5.06. The highest BCUT2D eigenvalue weighted by atomic mass is 19.1. The summed E-state index contributed by atoms with van der Waals surface area (Å²) in [4.78, 5) is 23.0. The summed E-state index contributed by atoms with van der Waals surface area (Å²) in [5.41, 5.74) is 5.54. The first-order chi connectivity index (χ1) is 12.2. The molecule has 2 saturated heterocycles. The van der Waals surface area contributed by atoms with E-state index in [1.165, 1.54) is 0 Å². The highest BCUT2D eigenvalue weighted by Gasteiger charge is 2.42. The Morgan fingerprint density at radius 3 is 2.68 bits per heavy atom. The Hall–Kier alpha value is -2.22. The van der Waals surface area contributed by atoms with Gasteiger partial charge in [0.05, 0.1) is 24.1 Å². The number of hydrogen-bond donors (Lipinski definition) is 2. The Balaban J connectivity index is 1.56. The number of aromatic nitrogens is 2. The van der Waals surface area contributed by atoms with E-state index in [0.717, 1.165) is 45.3 Å². The second-order valence-electron chi connectivity index (χ2n) is 6.61. The van der Waals surface area contributed by atoms with E-state index in [2.05, 4.69) is 20.2 Å². The van der Waals surface area contributed by atoms with Crippen molar-refractivity contribution in [2.75, 3.05) is 37.7 Å². The summed E-state index contributed by atoms with van der Waals surface area (Å²) in [7, 11) is 0. The molecule has 0 atom stereocenters. The third kappa shape index (κ3) is 3.89. The molecule has 2 fully saturated rings. The monoisotopic (exact) mass is 349 g/mol. The quantitative estimate of drug-likeness (QED) is 0.829. The number of halogens is 1. The fraction of sp³-hybridized carbons (Fsp3) is 0.588. The van der Waals surface area contributed by atoms with Crippen LogP contribution in [0, 0.1) is 5.41 Å². The van der Waals surface area contributed by atoms with Crippen LogP contribution >= 0.6 is 0 Å². The number of nitrogens with one attached hydrogen (secondary N) is 1. The predicted molar refractivity (Wildman–Crippen MR) is 91.9 cm³/mol. The van der Waals surface area contributed by atoms with E-state index in [1.54, 1.807) is 12.4 Å². The van der Waals surface area contributed by atoms with Gasteiger partial charge in [0.2, 0.25) is 11.9 Å². The van der Waals surface area contributed by atoms with Gasteiger partial charge in [-0.05, 0) is 25.7 Å². The summed E-state index contributed by atoms with van der Waals surface area (Å²) in [5, 5.41) is 2.99. The highest BCUT2D eigenvalue weighted by molar-refractivity contribution is 5.83. The van der Waals surface area contributed by atoms with Crippen LogP contribution in [0.25, 0.3) is 0 Å². The number of nitrogens with two attached hydrogens (primary N) is 1. The first-order valence-corrected chi connectivity index (χ1v) is 8.63. The Morgan fingerprint density at radius 1 is 1.36 bits per heavy atom. The van der Waals surface area contributed by atoms with E-state index in [0.29, 0.717) is 23.6 Å². The van der Waals surface area contributed by atoms with Crippen molar-refractivity contribution in [1.29, 1.82) is 0 Å². The lowest BCUT2D eigenvalue weighted by Crippen LogP contribution is -2.52. The number of ether oxygens (including phenoxy) is 1. The summed E-state index contributed by atoms with van der Waals surface area (Å²) < 4.78 is 17.9. The van der Waals surface area contributed by atoms with E-state index in [4.69, 9.17) is 10.5 Å². The highest BCUT2D eigenvalue weighted by Crippen LogP contribution is 2.38. The summed E-state index contributed by atoms with van der Waals surface area (Å²) in [6.45, 7) is 2.50. The van der Waals surface area contributed by atoms with Crippen LogP contribution in [0.15, 0.2) is 24.3 Å². The van der Waals surface area contributed by atoms with Gasteiger partial charge in [0.25, 0.3) is 0 Å². The second-order valence-corrected chi connectivity index (χ2v) is 6.61. The number of rotatable bonds is 5. The molecule has 7 nitrogen and oxygen atoms in total. The van der Waals surface area contributed by atoms with Crippen LogP contribution < -0.4 is 20.7 Å². The third-order valence-electron chi connectivity index (χ3n) is 5.06. The number of hydrogen-bond acceptors (Lipinski definition) is 6. The van der Waals surface area contributed by atoms with Gasteiger partial charge in [-0.3, -0.25) is 4.79 Å². The zero-order chi connectivity index (χ0) is 17.7. The zero-order valence-corrected chi connectivity index (χ0v) is 14.2. The maximum atomic E-state index is 12.5. The lowest BCUT2D eigenvalue weighted by Gasteiger charge is -2.42. The van der Waals surface area contributed by atoms with Gasteiger partial charge in [-0.25, -0.2) is 14.4 Å². The lowest BCUT2D eigenvalue weighted by atomic mass is 9.72. The average molecular weight is 349 g/mol. The van der Waals surface area contributed by atoms with Gasteiger partial charge >= 0.3 is 0 Å². The molecule has 3 N–H and O–H groups in total. The van der Waals surface area contributed by atoms with Crippen LogP contribution in [0.4, 0.5) is 10.3 Å². The molecule has 1 amide bonds. The SMILES string of the molecule is NC/C(=C\F)COc1cnc(N2CCC3(CCCNC3=O)CC2)nc1. The minimum absolute atomic E-state index is 0.0804. The van der Waals surface area contributed by atoms with Crippen LogP contribution in [-0.4, -0.2) is 48.7 Å². The number of nitrogens with zero attached hydrogens (tertiary/aromatic N) is 3. The van der Waals surface area contributed by atoms with Crippen molar-refractivity contribution in [2.45, 2.75) is 25.7 Å². The van der Waals surface area contributed by atoms with Crippen LogP contribution in [0.2, 0.25) is 0 Å². The largest absolute Gasteiger partial charge is 0.486 e. The minimum atomic E-state index is -0.213. The van der Waals surface area contributed by atoms with Crippen LogP contribution in [-0.2, 0) is 4.79 Å². The Labute approximate surface area is 146 Å². The molecule has 0 unspecified atom stereocenters. The second kappa shape index (κ2) is 7.77. The van der Waals surface area contributed by atoms with Crippen molar-refractivity contribution in [3.63, 3.8) is 0 Å². The Kier molecular flexibility index (Phi) is 5.47. The van der Waals surface area contributed by atoms with Crippen molar-refractivity contribution in [3.8, 4) is 5.75 Å². The fourth-order valence-electron chi connectivity index (χ4n) is 3.40. The van der Waals surface area contributed by atoms with Crippen molar-refractivity contribution in [3.05, 3.63) is 24.3 Å². The van der Waals surface area contributed by atoms with Crippen LogP contribution in [0.1, 0.15) is 25.7 Å². The number of carbonyl (C=O) groups excluding carboxylic acids is 1. The van der Waals surface area contributed by atoms with Gasteiger partial charge < -0.3 is 20.7 Å². The summed E-state index contributed by atoms with van der Waals surface area (Å²) >= 11 is 0. The molecule has 2 aliphatic heterocycles. The molecule has 0 aromatic carbocycles. The van der Waals surface area contributed by atoms with Crippen molar-refractivity contribution < 1.29 is 13.9 Å². The van der Waals surface area contributed by atoms with E-state index >= 15 is 0 Å². The van der Waals surface area contributed by atoms with E-state index in [9.17, 15) is 9.18 Å². The number of amides is 1. The molecule has 3 heterocycles. The molecule has 3 rings (SSSR count). The summed E-state index contributed by atoms with van der Waals surface area (Å²) in [6, 6.07) is 0. The normalized spacial score (nSPS) is 20.5. The fourth-order valence-corrected chi connectivity index (χ4v) is 3.40. The standard InChI is InChI=1S/C17H24FN5O2/c18-8-13(9-19)12-25-14-10-21-16(22-11-14)23-6-3-17(4-7-23)2-1-5-20-15(17)24/h8,10-11H,1-7,9,12,19H2,(H,20,24)/b13-8+. The zero-order valence-electron chi connectivity index (χ0n) is 14.2. The molecule has 25 heavy (non-hydrogen) atoms. The van der Waals surface area contributed by atoms with Crippen LogP contribution in [0.3, 0.4) is 0 Å². The maximum Gasteiger partial charge on any atom is 0.226 e. The Morgan fingerprint density at radius 2 is 2.08 bits per heavy atom. The Bertz CT molecular complexity index is 626. The van der Waals surface area contributed by atoms with Gasteiger partial charge in [0.15, 0.2) is 5.75 Å². The summed E-state index contributed by atoms with van der Waals surface area (Å²) in [6.07, 6.45) is 7.26. The molecular formula is C17H24FN5O2. The molecule has 1 aromatic rings. The smallest absolute Gasteiger partial charge is 0.226 e. The van der Waals surface area contributed by atoms with E-state index < -0.39 is 0 Å². The van der Waals surface area contributed by atoms with Gasteiger partial charge in [-0.15, -0.1) is 0 Å². The number of carbonyl (C=O) groups is 1. The minimum Gasteiger partial charge on any atom is -0.486 e.